The molecule has 120 valence electrons. The van der Waals surface area contributed by atoms with Crippen molar-refractivity contribution in [3.8, 4) is 0 Å². The van der Waals surface area contributed by atoms with Gasteiger partial charge in [0, 0.05) is 32.9 Å². The summed E-state index contributed by atoms with van der Waals surface area (Å²) in [5.74, 6) is -0.521. The van der Waals surface area contributed by atoms with Gasteiger partial charge in [-0.3, -0.25) is 14.5 Å². The lowest BCUT2D eigenvalue weighted by Gasteiger charge is -2.37. The minimum absolute atomic E-state index is 0.0693. The van der Waals surface area contributed by atoms with E-state index in [1.165, 1.54) is 19.4 Å². The second-order valence-electron chi connectivity index (χ2n) is 5.72. The number of benzene rings is 1. The lowest BCUT2D eigenvalue weighted by Crippen LogP contribution is -2.47. The molecule has 1 fully saturated rings. The van der Waals surface area contributed by atoms with Gasteiger partial charge in [-0.15, -0.1) is 0 Å². The Hall–Kier alpha value is -1.88. The first kappa shape index (κ1) is 16.5. The van der Waals surface area contributed by atoms with E-state index in [0.717, 1.165) is 19.5 Å². The Morgan fingerprint density at radius 2 is 1.91 bits per heavy atom. The number of esters is 2. The van der Waals surface area contributed by atoms with E-state index in [9.17, 15) is 9.59 Å². The van der Waals surface area contributed by atoms with Gasteiger partial charge in [0.05, 0.1) is 6.61 Å². The highest BCUT2D eigenvalue weighted by molar-refractivity contribution is 5.66. The van der Waals surface area contributed by atoms with Crippen molar-refractivity contribution in [2.75, 3.05) is 19.7 Å². The maximum absolute atomic E-state index is 11.3. The summed E-state index contributed by atoms with van der Waals surface area (Å²) in [6.45, 7) is 5.52. The average molecular weight is 305 g/mol. The molecular weight excluding hydrogens is 282 g/mol. The fourth-order valence-corrected chi connectivity index (χ4v) is 2.78. The zero-order chi connectivity index (χ0) is 15.9. The first-order valence-corrected chi connectivity index (χ1v) is 7.61. The molecule has 22 heavy (non-hydrogen) atoms. The van der Waals surface area contributed by atoms with Crippen molar-refractivity contribution < 1.29 is 19.1 Å². The van der Waals surface area contributed by atoms with Gasteiger partial charge in [-0.2, -0.15) is 0 Å². The molecule has 2 atom stereocenters. The highest BCUT2D eigenvalue weighted by atomic mass is 16.6. The summed E-state index contributed by atoms with van der Waals surface area (Å²) >= 11 is 0. The Bertz CT molecular complexity index is 503. The van der Waals surface area contributed by atoms with Crippen LogP contribution in [0.4, 0.5) is 0 Å². The van der Waals surface area contributed by atoms with Crippen LogP contribution in [0.1, 0.15) is 25.8 Å². The van der Waals surface area contributed by atoms with Crippen molar-refractivity contribution in [1.82, 2.24) is 4.90 Å². The van der Waals surface area contributed by atoms with Crippen molar-refractivity contribution in [2.24, 2.45) is 5.92 Å². The molecular formula is C17H23NO4. The van der Waals surface area contributed by atoms with E-state index in [-0.39, 0.29) is 24.0 Å². The molecule has 0 unspecified atom stereocenters. The summed E-state index contributed by atoms with van der Waals surface area (Å²) in [6, 6.07) is 10.2. The van der Waals surface area contributed by atoms with Crippen LogP contribution in [0.3, 0.4) is 0 Å². The smallest absolute Gasteiger partial charge is 0.302 e. The molecule has 0 amide bonds. The molecule has 1 aliphatic heterocycles. The van der Waals surface area contributed by atoms with E-state index in [2.05, 4.69) is 17.0 Å². The number of rotatable bonds is 5. The minimum atomic E-state index is -0.298. The normalized spacial score (nSPS) is 22.1. The second-order valence-corrected chi connectivity index (χ2v) is 5.72. The van der Waals surface area contributed by atoms with Gasteiger partial charge >= 0.3 is 11.9 Å². The SMILES string of the molecule is CC(=O)OC[C@@H]1CCN(Cc2ccccc2)C[C@H]1OC(C)=O. The number of hydrogen-bond donors (Lipinski definition) is 0. The van der Waals surface area contributed by atoms with E-state index in [0.29, 0.717) is 13.2 Å². The maximum atomic E-state index is 11.3. The molecule has 0 saturated carbocycles. The van der Waals surface area contributed by atoms with Crippen LogP contribution in [0.15, 0.2) is 30.3 Å². The molecule has 0 spiro atoms. The Labute approximate surface area is 131 Å². The summed E-state index contributed by atoms with van der Waals surface area (Å²) in [5.41, 5.74) is 1.24. The van der Waals surface area contributed by atoms with Gasteiger partial charge in [-0.05, 0) is 18.5 Å². The van der Waals surface area contributed by atoms with Crippen molar-refractivity contribution >= 4 is 11.9 Å². The minimum Gasteiger partial charge on any atom is -0.465 e. The van der Waals surface area contributed by atoms with Crippen LogP contribution in [0.25, 0.3) is 0 Å². The zero-order valence-electron chi connectivity index (χ0n) is 13.2. The van der Waals surface area contributed by atoms with E-state index < -0.39 is 0 Å². The number of nitrogens with zero attached hydrogens (tertiary/aromatic N) is 1. The van der Waals surface area contributed by atoms with Crippen LogP contribution in [-0.4, -0.2) is 42.6 Å². The lowest BCUT2D eigenvalue weighted by atomic mass is 9.94. The zero-order valence-corrected chi connectivity index (χ0v) is 13.2. The number of carbonyl (C=O) groups is 2. The van der Waals surface area contributed by atoms with Gasteiger partial charge in [-0.1, -0.05) is 30.3 Å². The molecule has 1 aromatic rings. The summed E-state index contributed by atoms with van der Waals surface area (Å²) < 4.78 is 10.5. The topological polar surface area (TPSA) is 55.8 Å². The number of piperidine rings is 1. The number of likely N-dealkylation sites (tertiary alicyclic amines) is 1. The average Bonchev–Trinajstić information content (AvgIpc) is 2.47. The van der Waals surface area contributed by atoms with Gasteiger partial charge in [0.15, 0.2) is 0 Å². The molecule has 2 rings (SSSR count). The summed E-state index contributed by atoms with van der Waals surface area (Å²) in [4.78, 5) is 24.6. The highest BCUT2D eigenvalue weighted by Gasteiger charge is 2.32. The van der Waals surface area contributed by atoms with Crippen LogP contribution >= 0.6 is 0 Å². The Morgan fingerprint density at radius 1 is 1.18 bits per heavy atom. The van der Waals surface area contributed by atoms with Gasteiger partial charge in [0.1, 0.15) is 6.10 Å². The Balaban J connectivity index is 1.95. The van der Waals surface area contributed by atoms with Crippen molar-refractivity contribution in [3.63, 3.8) is 0 Å². The number of hydrogen-bond acceptors (Lipinski definition) is 5. The van der Waals surface area contributed by atoms with Gasteiger partial charge < -0.3 is 9.47 Å². The number of ether oxygens (including phenoxy) is 2. The van der Waals surface area contributed by atoms with Crippen LogP contribution in [0.5, 0.6) is 0 Å². The second kappa shape index (κ2) is 7.94. The van der Waals surface area contributed by atoms with Gasteiger partial charge in [0.2, 0.25) is 0 Å². The molecule has 1 heterocycles. The predicted octanol–water partition coefficient (Wildman–Crippen LogP) is 2.00. The summed E-state index contributed by atoms with van der Waals surface area (Å²) in [5, 5.41) is 0. The molecule has 5 nitrogen and oxygen atoms in total. The fourth-order valence-electron chi connectivity index (χ4n) is 2.78. The van der Waals surface area contributed by atoms with E-state index in [1.54, 1.807) is 0 Å². The molecule has 0 radical (unpaired) electrons. The first-order chi connectivity index (χ1) is 10.5. The molecule has 1 aliphatic rings. The molecule has 0 bridgehead atoms. The largest absolute Gasteiger partial charge is 0.465 e. The third-order valence-corrected chi connectivity index (χ3v) is 3.85. The third kappa shape index (κ3) is 5.15. The van der Waals surface area contributed by atoms with Gasteiger partial charge in [0.25, 0.3) is 0 Å². The standard InChI is InChI=1S/C17H23NO4/c1-13(19)21-12-16-8-9-18(11-17(16)22-14(2)20)10-15-6-4-3-5-7-15/h3-7,16-17H,8-12H2,1-2H3/t16-,17+/m0/s1. The summed E-state index contributed by atoms with van der Waals surface area (Å²) in [7, 11) is 0. The molecule has 0 aromatic heterocycles. The van der Waals surface area contributed by atoms with Crippen molar-refractivity contribution in [1.29, 1.82) is 0 Å². The first-order valence-electron chi connectivity index (χ1n) is 7.61. The van der Waals surface area contributed by atoms with Gasteiger partial charge in [-0.25, -0.2) is 0 Å². The quantitative estimate of drug-likeness (QED) is 0.779. The van der Waals surface area contributed by atoms with E-state index in [1.807, 2.05) is 18.2 Å². The molecule has 5 heteroatoms. The predicted molar refractivity (Wildman–Crippen MR) is 82.0 cm³/mol. The van der Waals surface area contributed by atoms with Crippen LogP contribution in [0.2, 0.25) is 0 Å². The van der Waals surface area contributed by atoms with Crippen LogP contribution < -0.4 is 0 Å². The molecule has 0 N–H and O–H groups in total. The van der Waals surface area contributed by atoms with Crippen molar-refractivity contribution in [3.05, 3.63) is 35.9 Å². The monoisotopic (exact) mass is 305 g/mol. The maximum Gasteiger partial charge on any atom is 0.302 e. The van der Waals surface area contributed by atoms with E-state index in [4.69, 9.17) is 9.47 Å². The lowest BCUT2D eigenvalue weighted by molar-refractivity contribution is -0.157. The fraction of sp³-hybridized carbons (Fsp3) is 0.529. The highest BCUT2D eigenvalue weighted by Crippen LogP contribution is 2.23. The molecule has 0 aliphatic carbocycles. The Kier molecular flexibility index (Phi) is 5.95. The number of carbonyl (C=O) groups excluding carboxylic acids is 2. The summed E-state index contributed by atoms with van der Waals surface area (Å²) in [6.07, 6.45) is 0.618. The van der Waals surface area contributed by atoms with Crippen LogP contribution in [-0.2, 0) is 25.6 Å². The third-order valence-electron chi connectivity index (χ3n) is 3.85. The Morgan fingerprint density at radius 3 is 2.55 bits per heavy atom. The molecule has 1 aromatic carbocycles. The van der Waals surface area contributed by atoms with Crippen molar-refractivity contribution in [2.45, 2.75) is 32.9 Å². The van der Waals surface area contributed by atoms with E-state index >= 15 is 0 Å². The molecule has 1 saturated heterocycles. The van der Waals surface area contributed by atoms with Crippen LogP contribution in [0, 0.1) is 5.92 Å².